The Balaban J connectivity index is 1.15. The number of nitrogens with zero attached hydrogens (tertiary/aromatic N) is 3. The van der Waals surface area contributed by atoms with Gasteiger partial charge in [-0.15, -0.1) is 11.3 Å². The van der Waals surface area contributed by atoms with Gasteiger partial charge in [-0.2, -0.15) is 0 Å². The summed E-state index contributed by atoms with van der Waals surface area (Å²) in [5.74, 6) is 1.39. The smallest absolute Gasteiger partial charge is 0.160 e. The molecule has 8 aromatic rings. The summed E-state index contributed by atoms with van der Waals surface area (Å²) in [6, 6.07) is 56.0. The van der Waals surface area contributed by atoms with Crippen LogP contribution in [0.15, 0.2) is 169 Å². The Morgan fingerprint density at radius 3 is 1.92 bits per heavy atom. The van der Waals surface area contributed by atoms with Crippen LogP contribution in [-0.2, 0) is 6.54 Å². The van der Waals surface area contributed by atoms with Crippen LogP contribution in [0.2, 0.25) is 0 Å². The van der Waals surface area contributed by atoms with E-state index in [4.69, 9.17) is 20.7 Å². The van der Waals surface area contributed by atoms with Gasteiger partial charge in [0.15, 0.2) is 5.82 Å². The minimum absolute atomic E-state index is 0.529. The van der Waals surface area contributed by atoms with Gasteiger partial charge in [0.25, 0.3) is 0 Å². The third-order valence-corrected chi connectivity index (χ3v) is 9.71. The lowest BCUT2D eigenvalue weighted by molar-refractivity contribution is 0.679. The average molecular weight is 652 g/mol. The molecule has 0 aliphatic heterocycles. The molecule has 8 rings (SSSR count). The highest BCUT2D eigenvalue weighted by Crippen LogP contribution is 2.34. The Morgan fingerprint density at radius 1 is 0.592 bits per heavy atom. The zero-order valence-electron chi connectivity index (χ0n) is 26.7. The SMILES string of the molecule is NC(NC(=NCc1ccccc1)c1ccc2c(c1)sc1ccccc12)c1cccc(-c2nc(-c3ccccc3)cc(-c3ccccc3)n2)c1. The maximum atomic E-state index is 6.93. The summed E-state index contributed by atoms with van der Waals surface area (Å²) in [6.45, 7) is 0.531. The number of nitrogens with two attached hydrogens (primary N) is 1. The van der Waals surface area contributed by atoms with Crippen LogP contribution in [0.25, 0.3) is 54.1 Å². The summed E-state index contributed by atoms with van der Waals surface area (Å²) in [4.78, 5) is 15.1. The van der Waals surface area contributed by atoms with E-state index in [0.29, 0.717) is 12.4 Å². The summed E-state index contributed by atoms with van der Waals surface area (Å²) in [5, 5.41) is 6.08. The van der Waals surface area contributed by atoms with E-state index in [1.165, 1.54) is 20.2 Å². The van der Waals surface area contributed by atoms with Gasteiger partial charge in [-0.25, -0.2) is 9.97 Å². The molecule has 0 aliphatic carbocycles. The summed E-state index contributed by atoms with van der Waals surface area (Å²) < 4.78 is 2.49. The van der Waals surface area contributed by atoms with Gasteiger partial charge in [-0.3, -0.25) is 4.99 Å². The monoisotopic (exact) mass is 651 g/mol. The van der Waals surface area contributed by atoms with E-state index in [2.05, 4.69) is 90.2 Å². The predicted octanol–water partition coefficient (Wildman–Crippen LogP) is 10.0. The van der Waals surface area contributed by atoms with Gasteiger partial charge >= 0.3 is 0 Å². The van der Waals surface area contributed by atoms with Crippen molar-refractivity contribution in [3.05, 3.63) is 180 Å². The van der Waals surface area contributed by atoms with Gasteiger partial charge in [0, 0.05) is 42.4 Å². The number of aromatic nitrogens is 2. The molecule has 1 unspecified atom stereocenters. The fourth-order valence-corrected chi connectivity index (χ4v) is 7.18. The molecule has 49 heavy (non-hydrogen) atoms. The first-order valence-corrected chi connectivity index (χ1v) is 17.1. The van der Waals surface area contributed by atoms with Gasteiger partial charge in [0.1, 0.15) is 12.0 Å². The molecular weight excluding hydrogens is 619 g/mol. The van der Waals surface area contributed by atoms with E-state index < -0.39 is 6.17 Å². The van der Waals surface area contributed by atoms with E-state index in [1.54, 1.807) is 11.3 Å². The molecule has 1 atom stereocenters. The standard InChI is InChI=1S/C43H33N5S/c44-41(48-42(45-28-29-13-4-1-5-14-29)34-23-24-36-35-21-10-11-22-39(35)49-40(36)26-34)32-19-12-20-33(25-32)43-46-37(30-15-6-2-7-16-30)27-38(47-43)31-17-8-3-9-18-31/h1-27,41H,28,44H2,(H,45,48). The molecule has 3 N–H and O–H groups in total. The van der Waals surface area contributed by atoms with Gasteiger partial charge in [-0.05, 0) is 35.4 Å². The van der Waals surface area contributed by atoms with Crippen molar-refractivity contribution in [2.75, 3.05) is 0 Å². The molecule has 0 fully saturated rings. The Hall–Kier alpha value is -5.95. The van der Waals surface area contributed by atoms with Crippen molar-refractivity contribution >= 4 is 37.3 Å². The van der Waals surface area contributed by atoms with Crippen molar-refractivity contribution < 1.29 is 0 Å². The van der Waals surface area contributed by atoms with Crippen molar-refractivity contribution in [3.63, 3.8) is 0 Å². The Kier molecular flexibility index (Phi) is 8.46. The van der Waals surface area contributed by atoms with Crippen LogP contribution in [-0.4, -0.2) is 15.8 Å². The number of thiophene rings is 1. The lowest BCUT2D eigenvalue weighted by atomic mass is 10.0. The summed E-state index contributed by atoms with van der Waals surface area (Å²) in [6.07, 6.45) is -0.529. The van der Waals surface area contributed by atoms with Crippen molar-refractivity contribution in [2.45, 2.75) is 12.7 Å². The second-order valence-corrected chi connectivity index (χ2v) is 13.0. The number of rotatable bonds is 8. The summed E-state index contributed by atoms with van der Waals surface area (Å²) >= 11 is 1.79. The number of nitrogens with one attached hydrogen (secondary N) is 1. The number of hydrogen-bond donors (Lipinski definition) is 2. The summed E-state index contributed by atoms with van der Waals surface area (Å²) in [7, 11) is 0. The molecule has 0 amide bonds. The Morgan fingerprint density at radius 2 is 1.20 bits per heavy atom. The van der Waals surface area contributed by atoms with Crippen molar-refractivity contribution in [3.8, 4) is 33.9 Å². The van der Waals surface area contributed by atoms with Gasteiger partial charge in [0.05, 0.1) is 17.9 Å². The average Bonchev–Trinajstić information content (AvgIpc) is 3.55. The third-order valence-electron chi connectivity index (χ3n) is 8.58. The van der Waals surface area contributed by atoms with Crippen LogP contribution in [0.4, 0.5) is 0 Å². The highest BCUT2D eigenvalue weighted by atomic mass is 32.1. The minimum Gasteiger partial charge on any atom is -0.351 e. The van der Waals surface area contributed by atoms with Crippen LogP contribution < -0.4 is 11.1 Å². The highest BCUT2D eigenvalue weighted by molar-refractivity contribution is 7.25. The number of benzene rings is 6. The largest absolute Gasteiger partial charge is 0.351 e. The van der Waals surface area contributed by atoms with Crippen LogP contribution in [0.1, 0.15) is 22.9 Å². The van der Waals surface area contributed by atoms with E-state index >= 15 is 0 Å². The van der Waals surface area contributed by atoms with E-state index in [-0.39, 0.29) is 0 Å². The molecule has 6 aromatic carbocycles. The van der Waals surface area contributed by atoms with Crippen LogP contribution in [0, 0.1) is 0 Å². The molecule has 5 nitrogen and oxygen atoms in total. The molecule has 0 radical (unpaired) electrons. The van der Waals surface area contributed by atoms with Gasteiger partial charge < -0.3 is 11.1 Å². The second-order valence-electron chi connectivity index (χ2n) is 11.9. The van der Waals surface area contributed by atoms with Crippen molar-refractivity contribution in [1.82, 2.24) is 15.3 Å². The predicted molar refractivity (Wildman–Crippen MR) is 204 cm³/mol. The maximum Gasteiger partial charge on any atom is 0.160 e. The summed E-state index contributed by atoms with van der Waals surface area (Å²) in [5.41, 5.74) is 14.7. The second kappa shape index (κ2) is 13.6. The fourth-order valence-electron chi connectivity index (χ4n) is 6.04. The van der Waals surface area contributed by atoms with Crippen molar-refractivity contribution in [1.29, 1.82) is 0 Å². The number of hydrogen-bond acceptors (Lipinski definition) is 5. The number of aliphatic imine (C=N–C) groups is 1. The first-order chi connectivity index (χ1) is 24.2. The molecule has 0 saturated heterocycles. The molecule has 0 bridgehead atoms. The fraction of sp³-hybridized carbons (Fsp3) is 0.0465. The zero-order chi connectivity index (χ0) is 33.0. The molecule has 0 saturated carbocycles. The van der Waals surface area contributed by atoms with E-state index in [0.717, 1.165) is 50.6 Å². The van der Waals surface area contributed by atoms with E-state index in [9.17, 15) is 0 Å². The Labute approximate surface area is 289 Å². The molecule has 6 heteroatoms. The third kappa shape index (κ3) is 6.61. The minimum atomic E-state index is -0.529. The normalized spacial score (nSPS) is 12.3. The van der Waals surface area contributed by atoms with Crippen LogP contribution in [0.5, 0.6) is 0 Å². The number of amidine groups is 1. The van der Waals surface area contributed by atoms with Crippen LogP contribution in [0.3, 0.4) is 0 Å². The van der Waals surface area contributed by atoms with Crippen molar-refractivity contribution in [2.24, 2.45) is 10.7 Å². The highest BCUT2D eigenvalue weighted by Gasteiger charge is 2.16. The lowest BCUT2D eigenvalue weighted by Gasteiger charge is -2.19. The van der Waals surface area contributed by atoms with Gasteiger partial charge in [-0.1, -0.05) is 140 Å². The first kappa shape index (κ1) is 30.4. The molecule has 2 heterocycles. The maximum absolute atomic E-state index is 6.93. The molecular formula is C43H33N5S. The molecule has 0 spiro atoms. The Bertz CT molecular complexity index is 2350. The molecule has 236 valence electrons. The van der Waals surface area contributed by atoms with Gasteiger partial charge in [0.2, 0.25) is 0 Å². The topological polar surface area (TPSA) is 76.2 Å². The lowest BCUT2D eigenvalue weighted by Crippen LogP contribution is -2.35. The van der Waals surface area contributed by atoms with Crippen LogP contribution >= 0.6 is 11.3 Å². The number of fused-ring (bicyclic) bond motifs is 3. The zero-order valence-corrected chi connectivity index (χ0v) is 27.5. The first-order valence-electron chi connectivity index (χ1n) is 16.3. The van der Waals surface area contributed by atoms with E-state index in [1.807, 2.05) is 78.9 Å². The quantitative estimate of drug-likeness (QED) is 0.0974. The molecule has 2 aromatic heterocycles. The molecule has 0 aliphatic rings.